The lowest BCUT2D eigenvalue weighted by molar-refractivity contribution is 0.157. The first-order valence-electron chi connectivity index (χ1n) is 8.66. The van der Waals surface area contributed by atoms with Crippen molar-refractivity contribution in [3.8, 4) is 0 Å². The van der Waals surface area contributed by atoms with Crippen LogP contribution in [0.3, 0.4) is 0 Å². The number of likely N-dealkylation sites (tertiary alicyclic amines) is 1. The van der Waals surface area contributed by atoms with Gasteiger partial charge in [-0.05, 0) is 18.9 Å². The van der Waals surface area contributed by atoms with Crippen LogP contribution in [0.5, 0.6) is 0 Å². The highest BCUT2D eigenvalue weighted by atomic mass is 127. The first-order chi connectivity index (χ1) is 11.9. The van der Waals surface area contributed by atoms with Crippen molar-refractivity contribution in [3.63, 3.8) is 0 Å². The summed E-state index contributed by atoms with van der Waals surface area (Å²) in [4.78, 5) is 6.86. The highest BCUT2D eigenvalue weighted by molar-refractivity contribution is 14.0. The molecule has 1 aliphatic heterocycles. The van der Waals surface area contributed by atoms with Crippen LogP contribution in [-0.4, -0.2) is 80.5 Å². The molecule has 0 aliphatic carbocycles. The van der Waals surface area contributed by atoms with Gasteiger partial charge in [0, 0.05) is 45.1 Å². The molecule has 1 aliphatic rings. The van der Waals surface area contributed by atoms with E-state index in [1.54, 1.807) is 0 Å². The van der Waals surface area contributed by atoms with Gasteiger partial charge in [0.1, 0.15) is 9.84 Å². The summed E-state index contributed by atoms with van der Waals surface area (Å²) < 4.78 is 29.3. The minimum atomic E-state index is -2.97. The summed E-state index contributed by atoms with van der Waals surface area (Å²) in [6, 6.07) is 0. The van der Waals surface area contributed by atoms with E-state index in [4.69, 9.17) is 4.74 Å². The Labute approximate surface area is 173 Å². The Balaban J connectivity index is 0.00000338. The molecule has 1 N–H and O–H groups in total. The lowest BCUT2D eigenvalue weighted by Gasteiger charge is -2.21. The third kappa shape index (κ3) is 7.78. The molecule has 1 aromatic heterocycles. The number of halogens is 1. The molecule has 0 spiro atoms. The summed E-state index contributed by atoms with van der Waals surface area (Å²) in [5.74, 6) is 1.42. The first kappa shape index (κ1) is 23.2. The van der Waals surface area contributed by atoms with Gasteiger partial charge in [0.15, 0.2) is 5.96 Å². The fourth-order valence-electron chi connectivity index (χ4n) is 2.83. The van der Waals surface area contributed by atoms with Crippen LogP contribution in [0.1, 0.15) is 24.8 Å². The van der Waals surface area contributed by atoms with Crippen LogP contribution in [0.25, 0.3) is 0 Å². The van der Waals surface area contributed by atoms with Gasteiger partial charge in [-0.25, -0.2) is 8.42 Å². The maximum Gasteiger partial charge on any atom is 0.194 e. The van der Waals surface area contributed by atoms with Gasteiger partial charge in [0.25, 0.3) is 0 Å². The fourth-order valence-corrected chi connectivity index (χ4v) is 3.25. The second-order valence-corrected chi connectivity index (χ2v) is 8.62. The molecule has 0 bridgehead atoms. The summed E-state index contributed by atoms with van der Waals surface area (Å²) in [6.45, 7) is 5.89. The molecule has 0 aromatic carbocycles. The fraction of sp³-hybridized carbons (Fsp3) is 0.750. The standard InChI is InChI=1S/C16H29N5O3S.HI/c1-4-17-16(18-6-8-24-9-10-25(3,22)23)21-7-5-14(13-21)15-11-19-20(2)12-15;/h11-12,14H,4-10,13H2,1-3H3,(H,17,18);1H. The van der Waals surface area contributed by atoms with Crippen molar-refractivity contribution >= 4 is 39.8 Å². The maximum absolute atomic E-state index is 11.1. The molecule has 0 radical (unpaired) electrons. The van der Waals surface area contributed by atoms with E-state index in [2.05, 4.69) is 26.5 Å². The van der Waals surface area contributed by atoms with Gasteiger partial charge in [-0.3, -0.25) is 9.67 Å². The number of nitrogens with zero attached hydrogens (tertiary/aromatic N) is 4. The number of sulfone groups is 1. The van der Waals surface area contributed by atoms with Crippen LogP contribution < -0.4 is 5.32 Å². The van der Waals surface area contributed by atoms with Gasteiger partial charge in [0.05, 0.1) is 31.7 Å². The second-order valence-electron chi connectivity index (χ2n) is 6.36. The molecule has 1 unspecified atom stereocenters. The van der Waals surface area contributed by atoms with E-state index in [1.807, 2.05) is 24.9 Å². The molecule has 0 amide bonds. The minimum Gasteiger partial charge on any atom is -0.378 e. The van der Waals surface area contributed by atoms with Gasteiger partial charge < -0.3 is 15.0 Å². The van der Waals surface area contributed by atoms with Gasteiger partial charge in [-0.15, -0.1) is 24.0 Å². The van der Waals surface area contributed by atoms with E-state index in [1.165, 1.54) is 11.8 Å². The molecule has 2 heterocycles. The van der Waals surface area contributed by atoms with Gasteiger partial charge in [0.2, 0.25) is 0 Å². The van der Waals surface area contributed by atoms with E-state index in [-0.39, 0.29) is 36.3 Å². The van der Waals surface area contributed by atoms with Crippen LogP contribution in [0.15, 0.2) is 17.4 Å². The van der Waals surface area contributed by atoms with Crippen LogP contribution >= 0.6 is 24.0 Å². The Morgan fingerprint density at radius 2 is 2.23 bits per heavy atom. The lowest BCUT2D eigenvalue weighted by atomic mass is 10.0. The first-order valence-corrected chi connectivity index (χ1v) is 10.7. The quantitative estimate of drug-likeness (QED) is 0.247. The van der Waals surface area contributed by atoms with Crippen molar-refractivity contribution in [2.24, 2.45) is 12.0 Å². The number of hydrogen-bond donors (Lipinski definition) is 1. The van der Waals surface area contributed by atoms with Crippen molar-refractivity contribution in [2.75, 3.05) is 51.4 Å². The Morgan fingerprint density at radius 1 is 1.46 bits per heavy atom. The maximum atomic E-state index is 11.1. The molecular weight excluding hydrogens is 469 g/mol. The predicted octanol–water partition coefficient (Wildman–Crippen LogP) is 0.854. The molecule has 1 aromatic rings. The van der Waals surface area contributed by atoms with Crippen molar-refractivity contribution < 1.29 is 13.2 Å². The number of aryl methyl sites for hydroxylation is 1. The average molecular weight is 499 g/mol. The third-order valence-corrected chi connectivity index (χ3v) is 5.02. The van der Waals surface area contributed by atoms with E-state index >= 15 is 0 Å². The number of ether oxygens (including phenoxy) is 1. The molecular formula is C16H30IN5O3S. The van der Waals surface area contributed by atoms with Crippen molar-refractivity contribution in [2.45, 2.75) is 19.3 Å². The number of guanidine groups is 1. The van der Waals surface area contributed by atoms with Crippen LogP contribution in [0, 0.1) is 0 Å². The van der Waals surface area contributed by atoms with Crippen molar-refractivity contribution in [3.05, 3.63) is 18.0 Å². The average Bonchev–Trinajstić information content (AvgIpc) is 3.17. The summed E-state index contributed by atoms with van der Waals surface area (Å²) in [6.07, 6.45) is 6.31. The molecule has 150 valence electrons. The predicted molar refractivity (Wildman–Crippen MR) is 114 cm³/mol. The van der Waals surface area contributed by atoms with Crippen LogP contribution in [-0.2, 0) is 21.6 Å². The molecule has 1 saturated heterocycles. The largest absolute Gasteiger partial charge is 0.378 e. The van der Waals surface area contributed by atoms with E-state index < -0.39 is 9.84 Å². The molecule has 0 saturated carbocycles. The van der Waals surface area contributed by atoms with E-state index in [0.717, 1.165) is 32.0 Å². The minimum absolute atomic E-state index is 0. The lowest BCUT2D eigenvalue weighted by Crippen LogP contribution is -2.40. The molecule has 26 heavy (non-hydrogen) atoms. The highest BCUT2D eigenvalue weighted by Gasteiger charge is 2.26. The highest BCUT2D eigenvalue weighted by Crippen LogP contribution is 2.26. The van der Waals surface area contributed by atoms with Crippen molar-refractivity contribution in [1.82, 2.24) is 20.0 Å². The zero-order chi connectivity index (χ0) is 18.3. The molecule has 8 nitrogen and oxygen atoms in total. The Hall–Kier alpha value is -0.880. The number of aromatic nitrogens is 2. The SMILES string of the molecule is CCNC(=NCCOCCS(C)(=O)=O)N1CCC(c2cnn(C)c2)C1.I. The molecule has 2 rings (SSSR count). The summed E-state index contributed by atoms with van der Waals surface area (Å²) >= 11 is 0. The summed E-state index contributed by atoms with van der Waals surface area (Å²) in [5, 5.41) is 7.58. The normalized spacial score (nSPS) is 18.0. The van der Waals surface area contributed by atoms with E-state index in [0.29, 0.717) is 19.1 Å². The molecule has 1 fully saturated rings. The van der Waals surface area contributed by atoms with Crippen LogP contribution in [0.4, 0.5) is 0 Å². The van der Waals surface area contributed by atoms with Gasteiger partial charge >= 0.3 is 0 Å². The summed E-state index contributed by atoms with van der Waals surface area (Å²) in [7, 11) is -1.03. The Kier molecular flexibility index (Phi) is 9.86. The monoisotopic (exact) mass is 499 g/mol. The number of rotatable bonds is 8. The third-order valence-electron chi connectivity index (χ3n) is 4.11. The topological polar surface area (TPSA) is 88.8 Å². The van der Waals surface area contributed by atoms with Crippen molar-refractivity contribution in [1.29, 1.82) is 0 Å². The zero-order valence-corrected chi connectivity index (χ0v) is 18.9. The zero-order valence-electron chi connectivity index (χ0n) is 15.7. The number of nitrogens with one attached hydrogen (secondary N) is 1. The number of aliphatic imine (C=N–C) groups is 1. The Bertz CT molecular complexity index is 677. The summed E-state index contributed by atoms with van der Waals surface area (Å²) in [5.41, 5.74) is 1.27. The van der Waals surface area contributed by atoms with Gasteiger partial charge in [-0.2, -0.15) is 5.10 Å². The Morgan fingerprint density at radius 3 is 2.85 bits per heavy atom. The van der Waals surface area contributed by atoms with Crippen LogP contribution in [0.2, 0.25) is 0 Å². The number of hydrogen-bond acceptors (Lipinski definition) is 5. The molecule has 10 heteroatoms. The smallest absolute Gasteiger partial charge is 0.194 e. The van der Waals surface area contributed by atoms with Gasteiger partial charge in [-0.1, -0.05) is 0 Å². The van der Waals surface area contributed by atoms with E-state index in [9.17, 15) is 8.42 Å². The second kappa shape index (κ2) is 11.1. The molecule has 1 atom stereocenters.